The molecule has 0 saturated carbocycles. The summed E-state index contributed by atoms with van der Waals surface area (Å²) in [4.78, 5) is 29.2. The minimum atomic E-state index is -0.619. The fourth-order valence-corrected chi connectivity index (χ4v) is 4.82. The second kappa shape index (κ2) is 9.06. The van der Waals surface area contributed by atoms with Gasteiger partial charge in [-0.05, 0) is 54.8 Å². The number of nitrogens with one attached hydrogen (secondary N) is 1. The van der Waals surface area contributed by atoms with Gasteiger partial charge in [-0.1, -0.05) is 36.4 Å². The molecular weight excluding hydrogens is 428 g/mol. The molecule has 0 saturated heterocycles. The largest absolute Gasteiger partial charge is 0.493 e. The summed E-state index contributed by atoms with van der Waals surface area (Å²) in [5.74, 6) is 1.00. The van der Waals surface area contributed by atoms with Crippen LogP contribution in [0, 0.1) is 0 Å². The van der Waals surface area contributed by atoms with E-state index in [4.69, 9.17) is 9.47 Å². The lowest BCUT2D eigenvalue weighted by Crippen LogP contribution is -2.38. The predicted octanol–water partition coefficient (Wildman–Crippen LogP) is 5.52. The molecule has 34 heavy (non-hydrogen) atoms. The van der Waals surface area contributed by atoms with E-state index in [1.165, 1.54) is 0 Å². The van der Waals surface area contributed by atoms with E-state index in [1.54, 1.807) is 31.3 Å². The molecular formula is C28H26N2O4. The molecule has 3 aromatic carbocycles. The van der Waals surface area contributed by atoms with E-state index >= 15 is 0 Å². The quantitative estimate of drug-likeness (QED) is 0.562. The van der Waals surface area contributed by atoms with Gasteiger partial charge >= 0.3 is 0 Å². The first-order chi connectivity index (χ1) is 16.6. The summed E-state index contributed by atoms with van der Waals surface area (Å²) in [6.07, 6.45) is 1.97. The number of anilines is 2. The van der Waals surface area contributed by atoms with E-state index in [2.05, 4.69) is 5.32 Å². The van der Waals surface area contributed by atoms with E-state index in [9.17, 15) is 9.59 Å². The Balaban J connectivity index is 1.79. The molecule has 1 amide bonds. The van der Waals surface area contributed by atoms with Gasteiger partial charge in [0.15, 0.2) is 17.3 Å². The molecule has 1 N–H and O–H groups in total. The van der Waals surface area contributed by atoms with Crippen molar-refractivity contribution in [3.63, 3.8) is 0 Å². The number of amides is 1. The Bertz CT molecular complexity index is 1280. The zero-order chi connectivity index (χ0) is 23.7. The Morgan fingerprint density at radius 2 is 1.65 bits per heavy atom. The van der Waals surface area contributed by atoms with Crippen LogP contribution >= 0.6 is 0 Å². The monoisotopic (exact) mass is 454 g/mol. The summed E-state index contributed by atoms with van der Waals surface area (Å²) in [5, 5.41) is 3.49. The zero-order valence-corrected chi connectivity index (χ0v) is 19.2. The maximum Gasteiger partial charge on any atom is 0.259 e. The van der Waals surface area contributed by atoms with Crippen LogP contribution in [0.15, 0.2) is 84.1 Å². The third-order valence-electron chi connectivity index (χ3n) is 6.40. The fourth-order valence-electron chi connectivity index (χ4n) is 4.82. The summed E-state index contributed by atoms with van der Waals surface area (Å²) in [6, 6.07) is 21.8. The van der Waals surface area contributed by atoms with Gasteiger partial charge in [-0.25, -0.2) is 0 Å². The average Bonchev–Trinajstić information content (AvgIpc) is 3.03. The van der Waals surface area contributed by atoms with Gasteiger partial charge in [-0.15, -0.1) is 0 Å². The number of rotatable bonds is 4. The van der Waals surface area contributed by atoms with Crippen molar-refractivity contribution in [2.45, 2.75) is 25.3 Å². The van der Waals surface area contributed by atoms with Crippen LogP contribution in [0.25, 0.3) is 0 Å². The third-order valence-corrected chi connectivity index (χ3v) is 6.40. The Hall–Kier alpha value is -4.06. The molecule has 0 aromatic heterocycles. The number of fused-ring (bicyclic) bond motifs is 1. The normalized spacial score (nSPS) is 17.3. The van der Waals surface area contributed by atoms with Gasteiger partial charge < -0.3 is 14.8 Å². The van der Waals surface area contributed by atoms with Crippen molar-refractivity contribution in [2.75, 3.05) is 24.4 Å². The average molecular weight is 455 g/mol. The molecule has 2 aliphatic rings. The van der Waals surface area contributed by atoms with Crippen molar-refractivity contribution < 1.29 is 19.1 Å². The van der Waals surface area contributed by atoms with Gasteiger partial charge in [0, 0.05) is 23.3 Å². The number of hydrogen-bond donors (Lipinski definition) is 1. The first kappa shape index (κ1) is 21.8. The van der Waals surface area contributed by atoms with E-state index in [-0.39, 0.29) is 11.7 Å². The molecule has 0 unspecified atom stereocenters. The number of benzene rings is 3. The number of Topliss-reactive ketones (excluding diaryl/α,β-unsaturated/α-hetero) is 1. The number of carbonyl (C=O) groups is 2. The summed E-state index contributed by atoms with van der Waals surface area (Å²) in [6.45, 7) is 0. The summed E-state index contributed by atoms with van der Waals surface area (Å²) in [5.41, 5.74) is 4.35. The minimum Gasteiger partial charge on any atom is -0.493 e. The van der Waals surface area contributed by atoms with Gasteiger partial charge in [0.25, 0.3) is 5.91 Å². The fraction of sp³-hybridized carbons (Fsp3) is 0.214. The van der Waals surface area contributed by atoms with Gasteiger partial charge in [-0.2, -0.15) is 0 Å². The highest BCUT2D eigenvalue weighted by molar-refractivity contribution is 6.11. The number of para-hydroxylation sites is 2. The first-order valence-electron chi connectivity index (χ1n) is 11.3. The highest BCUT2D eigenvalue weighted by atomic mass is 16.5. The number of methoxy groups -OCH3 is 2. The van der Waals surface area contributed by atoms with Crippen LogP contribution in [0.2, 0.25) is 0 Å². The summed E-state index contributed by atoms with van der Waals surface area (Å²) in [7, 11) is 3.16. The van der Waals surface area contributed by atoms with E-state index < -0.39 is 6.04 Å². The molecule has 5 rings (SSSR count). The lowest BCUT2D eigenvalue weighted by Gasteiger charge is -2.34. The zero-order valence-electron chi connectivity index (χ0n) is 19.2. The van der Waals surface area contributed by atoms with Gasteiger partial charge in [0.1, 0.15) is 0 Å². The van der Waals surface area contributed by atoms with Gasteiger partial charge in [-0.3, -0.25) is 14.5 Å². The van der Waals surface area contributed by atoms with Crippen molar-refractivity contribution >= 4 is 23.1 Å². The molecule has 0 fully saturated rings. The number of carbonyl (C=O) groups excluding carboxylic acids is 2. The van der Waals surface area contributed by atoms with Crippen molar-refractivity contribution in [1.29, 1.82) is 0 Å². The summed E-state index contributed by atoms with van der Waals surface area (Å²) >= 11 is 0. The molecule has 172 valence electrons. The Labute approximate surface area is 198 Å². The Kier molecular flexibility index (Phi) is 5.80. The highest BCUT2D eigenvalue weighted by Crippen LogP contribution is 2.46. The standard InChI is InChI=1S/C28H26N2O4/c1-33-24-16-15-19(17-25(24)34-2)27-26-21(12-8-14-23(26)31)29-20-11-6-7-13-22(20)30(27)28(32)18-9-4-3-5-10-18/h3-7,9-11,13,15-17,27,29H,8,12,14H2,1-2H3/t27-/m1/s1. The van der Waals surface area contributed by atoms with Crippen molar-refractivity contribution in [1.82, 2.24) is 0 Å². The van der Waals surface area contributed by atoms with Crippen LogP contribution in [0.5, 0.6) is 11.5 Å². The SMILES string of the molecule is COc1ccc([C@@H]2C3=C(CCCC3=O)Nc3ccccc3N2C(=O)c2ccccc2)cc1OC. The molecule has 0 bridgehead atoms. The predicted molar refractivity (Wildman–Crippen MR) is 131 cm³/mol. The molecule has 0 radical (unpaired) electrons. The smallest absolute Gasteiger partial charge is 0.259 e. The minimum absolute atomic E-state index is 0.0483. The molecule has 0 spiro atoms. The number of ether oxygens (including phenoxy) is 2. The van der Waals surface area contributed by atoms with Crippen molar-refractivity contribution in [2.24, 2.45) is 0 Å². The number of nitrogens with zero attached hydrogens (tertiary/aromatic N) is 1. The maximum absolute atomic E-state index is 14.1. The topological polar surface area (TPSA) is 67.9 Å². The summed E-state index contributed by atoms with van der Waals surface area (Å²) < 4.78 is 11.0. The maximum atomic E-state index is 14.1. The first-order valence-corrected chi connectivity index (χ1v) is 11.3. The lowest BCUT2D eigenvalue weighted by molar-refractivity contribution is -0.116. The van der Waals surface area contributed by atoms with Crippen LogP contribution in [-0.4, -0.2) is 25.9 Å². The van der Waals surface area contributed by atoms with E-state index in [0.717, 1.165) is 35.5 Å². The van der Waals surface area contributed by atoms with Crippen molar-refractivity contribution in [3.05, 3.63) is 95.2 Å². The van der Waals surface area contributed by atoms with Gasteiger partial charge in [0.05, 0.1) is 31.6 Å². The number of ketones is 1. The van der Waals surface area contributed by atoms with Crippen LogP contribution in [0.1, 0.15) is 41.2 Å². The van der Waals surface area contributed by atoms with Crippen LogP contribution in [0.3, 0.4) is 0 Å². The molecule has 6 nitrogen and oxygen atoms in total. The van der Waals surface area contributed by atoms with Crippen LogP contribution < -0.4 is 19.7 Å². The second-order valence-corrected chi connectivity index (χ2v) is 8.37. The van der Waals surface area contributed by atoms with E-state index in [1.807, 2.05) is 60.7 Å². The number of hydrogen-bond acceptors (Lipinski definition) is 5. The lowest BCUT2D eigenvalue weighted by atomic mass is 9.85. The molecule has 1 atom stereocenters. The Morgan fingerprint density at radius 3 is 2.41 bits per heavy atom. The van der Waals surface area contributed by atoms with E-state index in [0.29, 0.717) is 29.1 Å². The highest BCUT2D eigenvalue weighted by Gasteiger charge is 2.40. The second-order valence-electron chi connectivity index (χ2n) is 8.37. The van der Waals surface area contributed by atoms with Crippen LogP contribution in [-0.2, 0) is 4.79 Å². The molecule has 1 heterocycles. The number of allylic oxidation sites excluding steroid dienone is 1. The van der Waals surface area contributed by atoms with Gasteiger partial charge in [0.2, 0.25) is 0 Å². The Morgan fingerprint density at radius 1 is 0.912 bits per heavy atom. The molecule has 6 heteroatoms. The molecule has 3 aromatic rings. The third kappa shape index (κ3) is 3.71. The van der Waals surface area contributed by atoms with Crippen molar-refractivity contribution in [3.8, 4) is 11.5 Å². The molecule has 1 aliphatic carbocycles. The molecule has 1 aliphatic heterocycles. The van der Waals surface area contributed by atoms with Crippen LogP contribution in [0.4, 0.5) is 11.4 Å².